The van der Waals surface area contributed by atoms with E-state index in [0.717, 1.165) is 19.1 Å². The fraction of sp³-hybridized carbons (Fsp3) is 0.467. The summed E-state index contributed by atoms with van der Waals surface area (Å²) in [6.45, 7) is 0.115. The van der Waals surface area contributed by atoms with Gasteiger partial charge in [-0.15, -0.1) is 0 Å². The molecule has 1 amide bonds. The molecule has 1 fully saturated rings. The number of amides is 1. The second kappa shape index (κ2) is 7.50. The van der Waals surface area contributed by atoms with Gasteiger partial charge in [-0.25, -0.2) is 13.2 Å². The lowest BCUT2D eigenvalue weighted by atomic mass is 10.2. The molecule has 1 aromatic rings. The molecule has 0 bridgehead atoms. The maximum Gasteiger partial charge on any atom is 0.337 e. The maximum atomic E-state index is 12.1. The van der Waals surface area contributed by atoms with Gasteiger partial charge in [-0.2, -0.15) is 4.31 Å². The second-order valence-electron chi connectivity index (χ2n) is 5.59. The van der Waals surface area contributed by atoms with Gasteiger partial charge in [0.15, 0.2) is 0 Å². The molecule has 7 nitrogen and oxygen atoms in total. The smallest absolute Gasteiger partial charge is 0.337 e. The van der Waals surface area contributed by atoms with Crippen molar-refractivity contribution in [2.45, 2.75) is 25.3 Å². The average Bonchev–Trinajstić information content (AvgIpc) is 3.32. The van der Waals surface area contributed by atoms with Gasteiger partial charge < -0.3 is 10.1 Å². The van der Waals surface area contributed by atoms with Crippen molar-refractivity contribution < 1.29 is 22.7 Å². The fourth-order valence-corrected chi connectivity index (χ4v) is 3.61. The fourth-order valence-electron chi connectivity index (χ4n) is 2.27. The van der Waals surface area contributed by atoms with Gasteiger partial charge in [-0.3, -0.25) is 4.79 Å². The van der Waals surface area contributed by atoms with Crippen LogP contribution in [-0.4, -0.2) is 50.6 Å². The Balaban J connectivity index is 2.00. The third-order valence-electron chi connectivity index (χ3n) is 3.60. The summed E-state index contributed by atoms with van der Waals surface area (Å²) in [6, 6.07) is 4.39. The zero-order valence-corrected chi connectivity index (χ0v) is 15.0. The molecule has 0 heterocycles. The van der Waals surface area contributed by atoms with E-state index in [1.165, 1.54) is 29.6 Å². The highest BCUT2D eigenvalue weighted by Gasteiger charge is 2.34. The van der Waals surface area contributed by atoms with Crippen molar-refractivity contribution in [1.82, 2.24) is 4.31 Å². The maximum absolute atomic E-state index is 12.1. The summed E-state index contributed by atoms with van der Waals surface area (Å²) in [5.41, 5.74) is 0.537. The minimum atomic E-state index is -3.33. The average molecular weight is 375 g/mol. The number of rotatable bonds is 7. The summed E-state index contributed by atoms with van der Waals surface area (Å²) in [4.78, 5) is 23.6. The van der Waals surface area contributed by atoms with Crippen LogP contribution in [0, 0.1) is 0 Å². The van der Waals surface area contributed by atoms with Crippen LogP contribution >= 0.6 is 11.6 Å². The first-order valence-electron chi connectivity index (χ1n) is 7.37. The van der Waals surface area contributed by atoms with Gasteiger partial charge in [0.05, 0.1) is 29.6 Å². The van der Waals surface area contributed by atoms with E-state index in [2.05, 4.69) is 10.1 Å². The summed E-state index contributed by atoms with van der Waals surface area (Å²) < 4.78 is 29.4. The molecule has 132 valence electrons. The largest absolute Gasteiger partial charge is 0.465 e. The number of ether oxygens (including phenoxy) is 1. The summed E-state index contributed by atoms with van der Waals surface area (Å²) in [6.07, 6.45) is 2.78. The summed E-state index contributed by atoms with van der Waals surface area (Å²) in [5, 5.41) is 2.87. The number of hydrogen-bond acceptors (Lipinski definition) is 5. The first kappa shape index (κ1) is 18.7. The molecule has 2 rings (SSSR count). The van der Waals surface area contributed by atoms with Crippen LogP contribution in [0.25, 0.3) is 0 Å². The van der Waals surface area contributed by atoms with E-state index >= 15 is 0 Å². The molecule has 9 heteroatoms. The highest BCUT2D eigenvalue weighted by Crippen LogP contribution is 2.29. The van der Waals surface area contributed by atoms with Crippen LogP contribution in [0.3, 0.4) is 0 Å². The van der Waals surface area contributed by atoms with Gasteiger partial charge in [-0.05, 0) is 31.0 Å². The second-order valence-corrected chi connectivity index (χ2v) is 7.93. The van der Waals surface area contributed by atoms with Crippen molar-refractivity contribution in [3.8, 4) is 0 Å². The van der Waals surface area contributed by atoms with Crippen molar-refractivity contribution in [2.75, 3.05) is 25.2 Å². The first-order valence-corrected chi connectivity index (χ1v) is 9.59. The Labute approximate surface area is 146 Å². The van der Waals surface area contributed by atoms with Crippen LogP contribution in [0.4, 0.5) is 5.69 Å². The van der Waals surface area contributed by atoms with Crippen LogP contribution < -0.4 is 5.32 Å². The molecular weight excluding hydrogens is 356 g/mol. The Morgan fingerprint density at radius 2 is 2.04 bits per heavy atom. The van der Waals surface area contributed by atoms with Crippen molar-refractivity contribution in [1.29, 1.82) is 0 Å². The van der Waals surface area contributed by atoms with Crippen LogP contribution in [0.2, 0.25) is 5.02 Å². The zero-order chi connectivity index (χ0) is 17.9. The Morgan fingerprint density at radius 3 is 2.58 bits per heavy atom. The lowest BCUT2D eigenvalue weighted by Crippen LogP contribution is -2.34. The number of hydrogen-bond donors (Lipinski definition) is 1. The number of methoxy groups -OCH3 is 1. The number of esters is 1. The molecule has 0 aromatic heterocycles. The number of sulfonamides is 1. The molecular formula is C15H19ClN2O5S. The molecule has 1 aliphatic carbocycles. The SMILES string of the molecule is COC(=O)c1ccc(Cl)c(NC(=O)CCN(C2CC2)S(C)(=O)=O)c1. The summed E-state index contributed by atoms with van der Waals surface area (Å²) >= 11 is 6.01. The van der Waals surface area contributed by atoms with Gasteiger partial charge in [-0.1, -0.05) is 11.6 Å². The topological polar surface area (TPSA) is 92.8 Å². The molecule has 1 aromatic carbocycles. The summed E-state index contributed by atoms with van der Waals surface area (Å²) in [5.74, 6) is -0.924. The number of carbonyl (C=O) groups is 2. The quantitative estimate of drug-likeness (QED) is 0.735. The molecule has 24 heavy (non-hydrogen) atoms. The number of benzene rings is 1. The van der Waals surface area contributed by atoms with E-state index in [1.54, 1.807) is 0 Å². The van der Waals surface area contributed by atoms with Crippen LogP contribution in [-0.2, 0) is 19.6 Å². The highest BCUT2D eigenvalue weighted by atomic mass is 35.5. The third-order valence-corrected chi connectivity index (χ3v) is 5.26. The Kier molecular flexibility index (Phi) is 5.84. The number of halogens is 1. The van der Waals surface area contributed by atoms with Gasteiger partial charge in [0, 0.05) is 19.0 Å². The van der Waals surface area contributed by atoms with Crippen molar-refractivity contribution in [2.24, 2.45) is 0 Å². The van der Waals surface area contributed by atoms with Gasteiger partial charge >= 0.3 is 5.97 Å². The molecule has 0 radical (unpaired) electrons. The van der Waals surface area contributed by atoms with E-state index in [9.17, 15) is 18.0 Å². The number of nitrogens with zero attached hydrogens (tertiary/aromatic N) is 1. The monoisotopic (exact) mass is 374 g/mol. The van der Waals surface area contributed by atoms with Crippen molar-refractivity contribution >= 4 is 39.2 Å². The molecule has 0 spiro atoms. The molecule has 0 saturated heterocycles. The van der Waals surface area contributed by atoms with Crippen molar-refractivity contribution in [3.05, 3.63) is 28.8 Å². The van der Waals surface area contributed by atoms with E-state index in [1.807, 2.05) is 0 Å². The first-order chi connectivity index (χ1) is 11.2. The van der Waals surface area contributed by atoms with E-state index in [4.69, 9.17) is 11.6 Å². The van der Waals surface area contributed by atoms with E-state index in [0.29, 0.717) is 0 Å². The Hall–Kier alpha value is -1.64. The molecule has 0 atom stereocenters. The van der Waals surface area contributed by atoms with Gasteiger partial charge in [0.1, 0.15) is 0 Å². The van der Waals surface area contributed by atoms with Crippen LogP contribution in [0.5, 0.6) is 0 Å². The molecule has 1 aliphatic rings. The lowest BCUT2D eigenvalue weighted by Gasteiger charge is -2.19. The number of carbonyl (C=O) groups excluding carboxylic acids is 2. The highest BCUT2D eigenvalue weighted by molar-refractivity contribution is 7.88. The normalized spacial score (nSPS) is 14.5. The molecule has 0 aliphatic heterocycles. The van der Waals surface area contributed by atoms with E-state index in [-0.39, 0.29) is 41.2 Å². The predicted octanol–water partition coefficient (Wildman–Crippen LogP) is 1.88. The van der Waals surface area contributed by atoms with Gasteiger partial charge in [0.2, 0.25) is 15.9 Å². The predicted molar refractivity (Wildman–Crippen MR) is 90.6 cm³/mol. The Morgan fingerprint density at radius 1 is 1.38 bits per heavy atom. The van der Waals surface area contributed by atoms with Crippen LogP contribution in [0.15, 0.2) is 18.2 Å². The summed E-state index contributed by atoms with van der Waals surface area (Å²) in [7, 11) is -2.08. The standard InChI is InChI=1S/C15H19ClN2O5S/c1-23-15(20)10-3-6-12(16)13(9-10)17-14(19)7-8-18(11-4-5-11)24(2,21)22/h3,6,9,11H,4-5,7-8H2,1-2H3,(H,17,19). The minimum Gasteiger partial charge on any atom is -0.465 e. The Bertz CT molecular complexity index is 746. The minimum absolute atomic E-state index is 0.000889. The zero-order valence-electron chi connectivity index (χ0n) is 13.4. The lowest BCUT2D eigenvalue weighted by molar-refractivity contribution is -0.116. The molecule has 0 unspecified atom stereocenters. The third kappa shape index (κ3) is 4.93. The van der Waals surface area contributed by atoms with Gasteiger partial charge in [0.25, 0.3) is 0 Å². The van der Waals surface area contributed by atoms with Crippen molar-refractivity contribution in [3.63, 3.8) is 0 Å². The molecule has 1 N–H and O–H groups in total. The number of anilines is 1. The number of nitrogens with one attached hydrogen (secondary N) is 1. The van der Waals surface area contributed by atoms with E-state index < -0.39 is 16.0 Å². The van der Waals surface area contributed by atoms with Crippen LogP contribution in [0.1, 0.15) is 29.6 Å². The molecule has 1 saturated carbocycles.